The lowest BCUT2D eigenvalue weighted by atomic mass is 9.95. The highest BCUT2D eigenvalue weighted by atomic mass is 16.5. The number of para-hydroxylation sites is 1. The van der Waals surface area contributed by atoms with Gasteiger partial charge in [-0.25, -0.2) is 10.4 Å². The van der Waals surface area contributed by atoms with Crippen molar-refractivity contribution in [3.8, 4) is 5.75 Å². The van der Waals surface area contributed by atoms with Crippen molar-refractivity contribution in [1.29, 1.82) is 0 Å². The van der Waals surface area contributed by atoms with Gasteiger partial charge in [-0.15, -0.1) is 0 Å². The molecule has 1 fully saturated rings. The summed E-state index contributed by atoms with van der Waals surface area (Å²) in [4.78, 5) is 17.9. The Morgan fingerprint density at radius 1 is 1.11 bits per heavy atom. The summed E-state index contributed by atoms with van der Waals surface area (Å²) >= 11 is 0. The van der Waals surface area contributed by atoms with Gasteiger partial charge in [0.25, 0.3) is 5.56 Å². The maximum absolute atomic E-state index is 13.2. The SMILES string of the molecule is COc1ccc(/C=N/Nc2nc3ccccc3c(=O)n2C2CCCCC2)cc1. The molecule has 0 spiro atoms. The molecule has 1 aromatic heterocycles. The lowest BCUT2D eigenvalue weighted by molar-refractivity contribution is 0.348. The molecule has 0 aliphatic heterocycles. The molecule has 28 heavy (non-hydrogen) atoms. The summed E-state index contributed by atoms with van der Waals surface area (Å²) in [5, 5.41) is 4.98. The lowest BCUT2D eigenvalue weighted by Crippen LogP contribution is -2.29. The summed E-state index contributed by atoms with van der Waals surface area (Å²) < 4.78 is 6.97. The average Bonchev–Trinajstić information content (AvgIpc) is 2.75. The van der Waals surface area contributed by atoms with Crippen molar-refractivity contribution in [1.82, 2.24) is 9.55 Å². The molecule has 0 amide bonds. The van der Waals surface area contributed by atoms with Crippen molar-refractivity contribution in [2.24, 2.45) is 5.10 Å². The van der Waals surface area contributed by atoms with Crippen molar-refractivity contribution >= 4 is 23.1 Å². The van der Waals surface area contributed by atoms with E-state index in [2.05, 4.69) is 15.5 Å². The average molecular weight is 376 g/mol. The minimum absolute atomic E-state index is 0.000326. The minimum atomic E-state index is -0.000326. The predicted octanol–water partition coefficient (Wildman–Crippen LogP) is 4.36. The van der Waals surface area contributed by atoms with E-state index in [0.717, 1.165) is 37.0 Å². The molecule has 4 rings (SSSR count). The highest BCUT2D eigenvalue weighted by molar-refractivity contribution is 5.81. The molecule has 2 aromatic carbocycles. The van der Waals surface area contributed by atoms with E-state index in [1.807, 2.05) is 48.5 Å². The number of hydrogen-bond donors (Lipinski definition) is 1. The fraction of sp³-hybridized carbons (Fsp3) is 0.318. The van der Waals surface area contributed by atoms with Gasteiger partial charge in [-0.3, -0.25) is 9.36 Å². The van der Waals surface area contributed by atoms with Crippen LogP contribution in [0.4, 0.5) is 5.95 Å². The van der Waals surface area contributed by atoms with Crippen LogP contribution in [0.2, 0.25) is 0 Å². The molecule has 6 heteroatoms. The Bertz CT molecular complexity index is 1030. The number of nitrogens with one attached hydrogen (secondary N) is 1. The fourth-order valence-corrected chi connectivity index (χ4v) is 3.76. The standard InChI is InChI=1S/C22H24N4O2/c1-28-18-13-11-16(12-14-18)15-23-25-22-24-20-10-6-5-9-19(20)21(27)26(22)17-7-3-2-4-8-17/h5-6,9-15,17H,2-4,7-8H2,1H3,(H,24,25)/b23-15+. The van der Waals surface area contributed by atoms with Crippen LogP contribution < -0.4 is 15.7 Å². The summed E-state index contributed by atoms with van der Waals surface area (Å²) in [5.41, 5.74) is 4.62. The van der Waals surface area contributed by atoms with Gasteiger partial charge in [0.15, 0.2) is 0 Å². The summed E-state index contributed by atoms with van der Waals surface area (Å²) in [7, 11) is 1.64. The van der Waals surface area contributed by atoms with Crippen LogP contribution in [0.15, 0.2) is 58.4 Å². The number of hydrazone groups is 1. The Hall–Kier alpha value is -3.15. The Morgan fingerprint density at radius 2 is 1.86 bits per heavy atom. The van der Waals surface area contributed by atoms with Crippen LogP contribution in [-0.2, 0) is 0 Å². The quantitative estimate of drug-likeness (QED) is 0.531. The van der Waals surface area contributed by atoms with E-state index >= 15 is 0 Å². The van der Waals surface area contributed by atoms with E-state index in [0.29, 0.717) is 16.9 Å². The molecule has 1 heterocycles. The third kappa shape index (κ3) is 3.76. The highest BCUT2D eigenvalue weighted by Crippen LogP contribution is 2.29. The number of nitrogens with zero attached hydrogens (tertiary/aromatic N) is 3. The van der Waals surface area contributed by atoms with E-state index in [-0.39, 0.29) is 11.6 Å². The van der Waals surface area contributed by atoms with Crippen LogP contribution in [-0.4, -0.2) is 22.9 Å². The predicted molar refractivity (Wildman–Crippen MR) is 112 cm³/mol. The van der Waals surface area contributed by atoms with Gasteiger partial charge in [-0.05, 0) is 54.8 Å². The Kier molecular flexibility index (Phi) is 5.37. The Balaban J connectivity index is 1.67. The molecule has 3 aromatic rings. The summed E-state index contributed by atoms with van der Waals surface area (Å²) in [5.74, 6) is 1.30. The number of fused-ring (bicyclic) bond motifs is 1. The molecule has 0 radical (unpaired) electrons. The molecular formula is C22H24N4O2. The second-order valence-corrected chi connectivity index (χ2v) is 7.06. The van der Waals surface area contributed by atoms with Gasteiger partial charge in [-0.1, -0.05) is 31.4 Å². The molecule has 144 valence electrons. The molecule has 0 unspecified atom stereocenters. The van der Waals surface area contributed by atoms with E-state index in [1.54, 1.807) is 17.9 Å². The zero-order valence-corrected chi connectivity index (χ0v) is 16.0. The summed E-state index contributed by atoms with van der Waals surface area (Å²) in [6, 6.07) is 15.3. The van der Waals surface area contributed by atoms with Crippen molar-refractivity contribution in [2.75, 3.05) is 12.5 Å². The molecule has 0 atom stereocenters. The Morgan fingerprint density at radius 3 is 2.61 bits per heavy atom. The third-order valence-electron chi connectivity index (χ3n) is 5.24. The number of rotatable bonds is 5. The molecule has 1 N–H and O–H groups in total. The first kappa shape index (κ1) is 18.2. The number of benzene rings is 2. The number of anilines is 1. The normalized spacial score (nSPS) is 15.2. The molecule has 1 aliphatic rings. The first-order valence-corrected chi connectivity index (χ1v) is 9.70. The molecule has 1 aliphatic carbocycles. The zero-order valence-electron chi connectivity index (χ0n) is 16.0. The fourth-order valence-electron chi connectivity index (χ4n) is 3.76. The van der Waals surface area contributed by atoms with Crippen molar-refractivity contribution in [3.05, 3.63) is 64.4 Å². The van der Waals surface area contributed by atoms with E-state index in [1.165, 1.54) is 6.42 Å². The summed E-state index contributed by atoms with van der Waals surface area (Å²) in [6.07, 6.45) is 7.21. The van der Waals surface area contributed by atoms with Crippen LogP contribution in [0, 0.1) is 0 Å². The van der Waals surface area contributed by atoms with Gasteiger partial charge in [-0.2, -0.15) is 5.10 Å². The topological polar surface area (TPSA) is 68.5 Å². The van der Waals surface area contributed by atoms with Crippen LogP contribution in [0.5, 0.6) is 5.75 Å². The maximum atomic E-state index is 13.2. The monoisotopic (exact) mass is 376 g/mol. The van der Waals surface area contributed by atoms with Crippen molar-refractivity contribution in [3.63, 3.8) is 0 Å². The van der Waals surface area contributed by atoms with E-state index in [9.17, 15) is 4.79 Å². The van der Waals surface area contributed by atoms with Gasteiger partial charge >= 0.3 is 0 Å². The molecular weight excluding hydrogens is 352 g/mol. The van der Waals surface area contributed by atoms with Crippen LogP contribution in [0.25, 0.3) is 10.9 Å². The van der Waals surface area contributed by atoms with Gasteiger partial charge in [0.2, 0.25) is 5.95 Å². The number of ether oxygens (including phenoxy) is 1. The molecule has 0 bridgehead atoms. The van der Waals surface area contributed by atoms with Crippen molar-refractivity contribution in [2.45, 2.75) is 38.1 Å². The number of methoxy groups -OCH3 is 1. The van der Waals surface area contributed by atoms with Gasteiger partial charge in [0.1, 0.15) is 5.75 Å². The van der Waals surface area contributed by atoms with Crippen LogP contribution in [0.3, 0.4) is 0 Å². The minimum Gasteiger partial charge on any atom is -0.497 e. The maximum Gasteiger partial charge on any atom is 0.263 e. The Labute approximate surface area is 163 Å². The first-order valence-electron chi connectivity index (χ1n) is 9.70. The highest BCUT2D eigenvalue weighted by Gasteiger charge is 2.21. The van der Waals surface area contributed by atoms with Crippen LogP contribution in [0.1, 0.15) is 43.7 Å². The second kappa shape index (κ2) is 8.25. The smallest absolute Gasteiger partial charge is 0.263 e. The molecule has 1 saturated carbocycles. The van der Waals surface area contributed by atoms with Crippen LogP contribution >= 0.6 is 0 Å². The third-order valence-corrected chi connectivity index (χ3v) is 5.24. The van der Waals surface area contributed by atoms with E-state index in [4.69, 9.17) is 4.74 Å². The molecule has 6 nitrogen and oxygen atoms in total. The number of hydrogen-bond acceptors (Lipinski definition) is 5. The number of aromatic nitrogens is 2. The largest absolute Gasteiger partial charge is 0.497 e. The van der Waals surface area contributed by atoms with Gasteiger partial charge < -0.3 is 4.74 Å². The van der Waals surface area contributed by atoms with Gasteiger partial charge in [0, 0.05) is 6.04 Å². The lowest BCUT2D eigenvalue weighted by Gasteiger charge is -2.25. The first-order chi connectivity index (χ1) is 13.8. The second-order valence-electron chi connectivity index (χ2n) is 7.06. The van der Waals surface area contributed by atoms with Crippen molar-refractivity contribution < 1.29 is 4.74 Å². The zero-order chi connectivity index (χ0) is 19.3. The molecule has 0 saturated heterocycles. The van der Waals surface area contributed by atoms with E-state index < -0.39 is 0 Å². The van der Waals surface area contributed by atoms with Gasteiger partial charge in [0.05, 0.1) is 24.2 Å². The summed E-state index contributed by atoms with van der Waals surface area (Å²) in [6.45, 7) is 0.